The topological polar surface area (TPSA) is 33.6 Å². The summed E-state index contributed by atoms with van der Waals surface area (Å²) in [4.78, 5) is 4.34. The number of amidine groups is 1. The lowest BCUT2D eigenvalue weighted by molar-refractivity contribution is 0.367. The van der Waals surface area contributed by atoms with Gasteiger partial charge in [0.2, 0.25) is 0 Å². The van der Waals surface area contributed by atoms with Crippen LogP contribution in [0.4, 0.5) is 0 Å². The fourth-order valence-corrected chi connectivity index (χ4v) is 2.57. The van der Waals surface area contributed by atoms with Gasteiger partial charge < -0.3 is 10.1 Å². The van der Waals surface area contributed by atoms with E-state index in [9.17, 15) is 0 Å². The van der Waals surface area contributed by atoms with Gasteiger partial charge >= 0.3 is 0 Å². The lowest BCUT2D eigenvalue weighted by atomic mass is 9.91. The van der Waals surface area contributed by atoms with Crippen molar-refractivity contribution in [1.82, 2.24) is 5.32 Å². The van der Waals surface area contributed by atoms with Gasteiger partial charge in [-0.1, -0.05) is 12.1 Å². The van der Waals surface area contributed by atoms with E-state index in [2.05, 4.69) is 28.5 Å². The van der Waals surface area contributed by atoms with Crippen molar-refractivity contribution in [2.24, 2.45) is 4.99 Å². The van der Waals surface area contributed by atoms with E-state index < -0.39 is 0 Å². The fraction of sp³-hybridized carbons (Fsp3) is 0.500. The van der Waals surface area contributed by atoms with Gasteiger partial charge in [-0.05, 0) is 42.9 Å². The molecule has 17 heavy (non-hydrogen) atoms. The number of nitrogens with zero attached hydrogens (tertiary/aromatic N) is 1. The fourth-order valence-electron chi connectivity index (χ4n) is 2.57. The minimum absolute atomic E-state index is 0.580. The molecule has 1 aromatic rings. The average molecular weight is 230 g/mol. The predicted molar refractivity (Wildman–Crippen MR) is 68.9 cm³/mol. The van der Waals surface area contributed by atoms with Crippen molar-refractivity contribution in [2.45, 2.75) is 25.7 Å². The summed E-state index contributed by atoms with van der Waals surface area (Å²) in [5, 5.41) is 3.23. The summed E-state index contributed by atoms with van der Waals surface area (Å²) in [5.41, 5.74) is 2.88. The van der Waals surface area contributed by atoms with Gasteiger partial charge in [0, 0.05) is 6.54 Å². The molecular formula is C14H18N2O. The Labute approximate surface area is 102 Å². The third kappa shape index (κ3) is 2.28. The van der Waals surface area contributed by atoms with Gasteiger partial charge in [0.25, 0.3) is 0 Å². The van der Waals surface area contributed by atoms with Crippen LogP contribution in [0.2, 0.25) is 0 Å². The highest BCUT2D eigenvalue weighted by atomic mass is 16.5. The molecule has 3 heteroatoms. The largest absolute Gasteiger partial charge is 0.485 e. The number of ether oxygens (including phenoxy) is 1. The number of rotatable bonds is 3. The molecule has 1 aromatic carbocycles. The number of aryl methyl sites for hydroxylation is 1. The molecule has 0 bridgehead atoms. The zero-order chi connectivity index (χ0) is 11.5. The molecule has 0 amide bonds. The maximum Gasteiger partial charge on any atom is 0.145 e. The summed E-state index contributed by atoms with van der Waals surface area (Å²) in [6, 6.07) is 6.41. The van der Waals surface area contributed by atoms with Crippen LogP contribution in [0.15, 0.2) is 23.2 Å². The van der Waals surface area contributed by atoms with Crippen LogP contribution in [0.3, 0.4) is 0 Å². The minimum Gasteiger partial charge on any atom is -0.485 e. The van der Waals surface area contributed by atoms with Gasteiger partial charge in [0.1, 0.15) is 18.2 Å². The molecule has 1 N–H and O–H groups in total. The smallest absolute Gasteiger partial charge is 0.145 e. The average Bonchev–Trinajstić information content (AvgIpc) is 2.89. The predicted octanol–water partition coefficient (Wildman–Crippen LogP) is 1.95. The Balaban J connectivity index is 1.73. The van der Waals surface area contributed by atoms with E-state index in [4.69, 9.17) is 4.74 Å². The van der Waals surface area contributed by atoms with Gasteiger partial charge in [-0.15, -0.1) is 0 Å². The Morgan fingerprint density at radius 2 is 2.18 bits per heavy atom. The SMILES string of the molecule is c1cc2c(c(OCC3=NCCN3)c1)CCCC2. The van der Waals surface area contributed by atoms with E-state index in [-0.39, 0.29) is 0 Å². The number of nitrogens with one attached hydrogen (secondary N) is 1. The van der Waals surface area contributed by atoms with Crippen molar-refractivity contribution in [3.63, 3.8) is 0 Å². The minimum atomic E-state index is 0.580. The Morgan fingerprint density at radius 3 is 3.06 bits per heavy atom. The number of benzene rings is 1. The molecule has 0 saturated carbocycles. The number of hydrogen-bond acceptors (Lipinski definition) is 3. The second-order valence-electron chi connectivity index (χ2n) is 4.64. The summed E-state index contributed by atoms with van der Waals surface area (Å²) in [6.07, 6.45) is 4.95. The molecule has 3 nitrogen and oxygen atoms in total. The molecule has 0 spiro atoms. The van der Waals surface area contributed by atoms with E-state index in [1.807, 2.05) is 0 Å². The molecule has 2 aliphatic rings. The summed E-state index contributed by atoms with van der Waals surface area (Å²) in [7, 11) is 0. The van der Waals surface area contributed by atoms with Crippen LogP contribution in [-0.4, -0.2) is 25.5 Å². The van der Waals surface area contributed by atoms with E-state index in [0.29, 0.717) is 6.61 Å². The number of fused-ring (bicyclic) bond motifs is 1. The highest BCUT2D eigenvalue weighted by Crippen LogP contribution is 2.29. The van der Waals surface area contributed by atoms with Crippen LogP contribution in [0.5, 0.6) is 5.75 Å². The van der Waals surface area contributed by atoms with Crippen molar-refractivity contribution < 1.29 is 4.74 Å². The molecule has 1 heterocycles. The van der Waals surface area contributed by atoms with Crippen molar-refractivity contribution in [2.75, 3.05) is 19.7 Å². The summed E-state index contributed by atoms with van der Waals surface area (Å²) >= 11 is 0. The van der Waals surface area contributed by atoms with Gasteiger partial charge in [-0.25, -0.2) is 0 Å². The van der Waals surface area contributed by atoms with E-state index >= 15 is 0 Å². The molecule has 0 unspecified atom stereocenters. The van der Waals surface area contributed by atoms with Gasteiger partial charge in [0.05, 0.1) is 6.54 Å². The lowest BCUT2D eigenvalue weighted by Crippen LogP contribution is -2.25. The normalized spacial score (nSPS) is 18.2. The Kier molecular flexibility index (Phi) is 2.99. The molecule has 0 fully saturated rings. The third-order valence-corrected chi connectivity index (χ3v) is 3.46. The first-order valence-electron chi connectivity index (χ1n) is 6.44. The van der Waals surface area contributed by atoms with E-state index in [1.165, 1.54) is 30.4 Å². The number of aliphatic imine (C=N–C) groups is 1. The lowest BCUT2D eigenvalue weighted by Gasteiger charge is -2.19. The molecule has 0 radical (unpaired) electrons. The van der Waals surface area contributed by atoms with Crippen molar-refractivity contribution in [3.05, 3.63) is 29.3 Å². The molecule has 0 saturated heterocycles. The molecular weight excluding hydrogens is 212 g/mol. The first kappa shape index (κ1) is 10.6. The third-order valence-electron chi connectivity index (χ3n) is 3.46. The standard InChI is InChI=1S/C14H18N2O/c1-2-6-12-11(4-1)5-3-7-13(12)17-10-14-15-8-9-16-14/h3,5,7H,1-2,4,6,8-10H2,(H,15,16). The second-order valence-corrected chi connectivity index (χ2v) is 4.64. The van der Waals surface area contributed by atoms with Crippen LogP contribution in [0, 0.1) is 0 Å². The molecule has 0 aromatic heterocycles. The van der Waals surface area contributed by atoms with Crippen LogP contribution < -0.4 is 10.1 Å². The molecule has 3 rings (SSSR count). The van der Waals surface area contributed by atoms with Crippen LogP contribution in [-0.2, 0) is 12.8 Å². The highest BCUT2D eigenvalue weighted by molar-refractivity contribution is 5.85. The van der Waals surface area contributed by atoms with Crippen molar-refractivity contribution in [1.29, 1.82) is 0 Å². The van der Waals surface area contributed by atoms with Crippen LogP contribution in [0.1, 0.15) is 24.0 Å². The summed E-state index contributed by atoms with van der Waals surface area (Å²) in [6.45, 7) is 2.41. The molecule has 1 aliphatic carbocycles. The zero-order valence-electron chi connectivity index (χ0n) is 10.0. The maximum absolute atomic E-state index is 5.90. The molecule has 90 valence electrons. The van der Waals surface area contributed by atoms with Gasteiger partial charge in [-0.3, -0.25) is 4.99 Å². The highest BCUT2D eigenvalue weighted by Gasteiger charge is 2.14. The Bertz CT molecular complexity index is 440. The first-order chi connectivity index (χ1) is 8.43. The summed E-state index contributed by atoms with van der Waals surface area (Å²) in [5.74, 6) is 2.04. The van der Waals surface area contributed by atoms with E-state index in [0.717, 1.165) is 31.1 Å². The van der Waals surface area contributed by atoms with Gasteiger partial charge in [0.15, 0.2) is 0 Å². The summed E-state index contributed by atoms with van der Waals surface area (Å²) < 4.78 is 5.90. The van der Waals surface area contributed by atoms with Crippen molar-refractivity contribution >= 4 is 5.84 Å². The van der Waals surface area contributed by atoms with Crippen molar-refractivity contribution in [3.8, 4) is 5.75 Å². The van der Waals surface area contributed by atoms with Crippen LogP contribution in [0.25, 0.3) is 0 Å². The van der Waals surface area contributed by atoms with Crippen LogP contribution >= 0.6 is 0 Å². The molecule has 0 atom stereocenters. The monoisotopic (exact) mass is 230 g/mol. The number of hydrogen-bond donors (Lipinski definition) is 1. The Morgan fingerprint density at radius 1 is 1.24 bits per heavy atom. The maximum atomic E-state index is 5.90. The second kappa shape index (κ2) is 4.78. The van der Waals surface area contributed by atoms with Gasteiger partial charge in [-0.2, -0.15) is 0 Å². The quantitative estimate of drug-likeness (QED) is 0.861. The molecule has 1 aliphatic heterocycles. The Hall–Kier alpha value is -1.51. The van der Waals surface area contributed by atoms with E-state index in [1.54, 1.807) is 0 Å². The zero-order valence-corrected chi connectivity index (χ0v) is 10.0. The first-order valence-corrected chi connectivity index (χ1v) is 6.44.